The van der Waals surface area contributed by atoms with Gasteiger partial charge in [0.2, 0.25) is 5.89 Å². The second-order valence-corrected chi connectivity index (χ2v) is 7.31. The molecule has 0 amide bonds. The highest BCUT2D eigenvalue weighted by atomic mass is 127. The molecule has 0 saturated heterocycles. The highest BCUT2D eigenvalue weighted by Gasteiger charge is 2.21. The van der Waals surface area contributed by atoms with E-state index >= 15 is 0 Å². The van der Waals surface area contributed by atoms with Crippen LogP contribution in [0.2, 0.25) is 5.02 Å². The Hall–Kier alpha value is -1.35. The minimum atomic E-state index is -0.166. The van der Waals surface area contributed by atoms with Crippen LogP contribution >= 0.6 is 35.6 Å². The molecule has 0 radical (unpaired) electrons. The predicted octanol–water partition coefficient (Wildman–Crippen LogP) is 4.45. The zero-order valence-corrected chi connectivity index (χ0v) is 18.9. The van der Waals surface area contributed by atoms with Crippen molar-refractivity contribution < 1.29 is 4.52 Å². The molecule has 0 aliphatic heterocycles. The van der Waals surface area contributed by atoms with Gasteiger partial charge in [0.05, 0.1) is 6.04 Å². The van der Waals surface area contributed by atoms with Crippen molar-refractivity contribution in [3.05, 3.63) is 46.6 Å². The van der Waals surface area contributed by atoms with Gasteiger partial charge in [-0.25, -0.2) is 4.99 Å². The van der Waals surface area contributed by atoms with E-state index < -0.39 is 0 Å². The maximum Gasteiger partial charge on any atom is 0.232 e. The van der Waals surface area contributed by atoms with Crippen LogP contribution in [0.1, 0.15) is 57.9 Å². The fourth-order valence-electron chi connectivity index (χ4n) is 2.13. The molecule has 0 spiro atoms. The largest absolute Gasteiger partial charge is 0.357 e. The van der Waals surface area contributed by atoms with Crippen molar-refractivity contribution in [3.8, 4) is 0 Å². The van der Waals surface area contributed by atoms with Crippen molar-refractivity contribution in [1.29, 1.82) is 0 Å². The Morgan fingerprint density at radius 3 is 2.46 bits per heavy atom. The minimum Gasteiger partial charge on any atom is -0.357 e. The third-order valence-corrected chi connectivity index (χ3v) is 3.81. The molecule has 2 aromatic rings. The first-order chi connectivity index (χ1) is 11.8. The van der Waals surface area contributed by atoms with E-state index in [1.54, 1.807) is 0 Å². The van der Waals surface area contributed by atoms with E-state index in [1.807, 2.05) is 52.0 Å². The first-order valence-corrected chi connectivity index (χ1v) is 8.80. The third kappa shape index (κ3) is 6.75. The Labute approximate surface area is 177 Å². The summed E-state index contributed by atoms with van der Waals surface area (Å²) in [5.41, 5.74) is 0.963. The van der Waals surface area contributed by atoms with Gasteiger partial charge in [0, 0.05) is 17.0 Å². The molecule has 0 fully saturated rings. The average molecular weight is 492 g/mol. The fraction of sp³-hybridized carbons (Fsp3) is 0.500. The molecule has 6 nitrogen and oxygen atoms in total. The molecule has 0 aliphatic carbocycles. The van der Waals surface area contributed by atoms with Crippen molar-refractivity contribution in [2.75, 3.05) is 6.54 Å². The fourth-order valence-corrected chi connectivity index (χ4v) is 2.26. The lowest BCUT2D eigenvalue weighted by Gasteiger charge is -2.18. The molecule has 26 heavy (non-hydrogen) atoms. The number of nitrogens with zero attached hydrogens (tertiary/aromatic N) is 3. The SMILES string of the molecule is CCNC(=NCc1noc(C(C)(C)C)n1)NC(C)c1ccc(Cl)cc1.I. The van der Waals surface area contributed by atoms with Crippen molar-refractivity contribution in [3.63, 3.8) is 0 Å². The highest BCUT2D eigenvalue weighted by Crippen LogP contribution is 2.20. The first-order valence-electron chi connectivity index (χ1n) is 8.43. The second kappa shape index (κ2) is 10.1. The van der Waals surface area contributed by atoms with Crippen molar-refractivity contribution >= 4 is 41.5 Å². The lowest BCUT2D eigenvalue weighted by atomic mass is 9.97. The van der Waals surface area contributed by atoms with E-state index in [9.17, 15) is 0 Å². The van der Waals surface area contributed by atoms with Gasteiger partial charge in [-0.3, -0.25) is 0 Å². The standard InChI is InChI=1S/C18H26ClN5O.HI/c1-6-20-17(22-12(2)13-7-9-14(19)10-8-13)21-11-15-23-16(25-24-15)18(3,4)5;/h7-10,12H,6,11H2,1-5H3,(H2,20,21,22);1H. The zero-order valence-electron chi connectivity index (χ0n) is 15.8. The molecule has 1 unspecified atom stereocenters. The van der Waals surface area contributed by atoms with Crippen LogP contribution in [0, 0.1) is 0 Å². The lowest BCUT2D eigenvalue weighted by Crippen LogP contribution is -2.38. The number of halogens is 2. The quantitative estimate of drug-likeness (QED) is 0.367. The molecule has 1 aromatic carbocycles. The topological polar surface area (TPSA) is 75.3 Å². The summed E-state index contributed by atoms with van der Waals surface area (Å²) in [6.45, 7) is 11.3. The summed E-state index contributed by atoms with van der Waals surface area (Å²) < 4.78 is 5.30. The van der Waals surface area contributed by atoms with E-state index in [1.165, 1.54) is 0 Å². The van der Waals surface area contributed by atoms with Crippen LogP contribution in [0.3, 0.4) is 0 Å². The summed E-state index contributed by atoms with van der Waals surface area (Å²) >= 11 is 5.94. The van der Waals surface area contributed by atoms with Crippen molar-refractivity contribution in [2.24, 2.45) is 4.99 Å². The molecular weight excluding hydrogens is 465 g/mol. The maximum absolute atomic E-state index is 5.94. The number of aromatic nitrogens is 2. The smallest absolute Gasteiger partial charge is 0.232 e. The van der Waals surface area contributed by atoms with Gasteiger partial charge in [0.25, 0.3) is 0 Å². The van der Waals surface area contributed by atoms with Gasteiger partial charge in [0.15, 0.2) is 11.8 Å². The van der Waals surface area contributed by atoms with Crippen LogP contribution in [-0.4, -0.2) is 22.6 Å². The van der Waals surface area contributed by atoms with Gasteiger partial charge in [-0.2, -0.15) is 4.98 Å². The van der Waals surface area contributed by atoms with Crippen molar-refractivity contribution in [2.45, 2.75) is 52.6 Å². The van der Waals surface area contributed by atoms with Crippen LogP contribution in [0.4, 0.5) is 0 Å². The normalized spacial score (nSPS) is 13.1. The zero-order chi connectivity index (χ0) is 18.4. The van der Waals surface area contributed by atoms with Gasteiger partial charge in [-0.05, 0) is 31.5 Å². The number of hydrogen-bond acceptors (Lipinski definition) is 4. The van der Waals surface area contributed by atoms with Crippen LogP contribution in [-0.2, 0) is 12.0 Å². The number of nitrogens with one attached hydrogen (secondary N) is 2. The molecule has 1 heterocycles. The maximum atomic E-state index is 5.94. The number of benzene rings is 1. The number of hydrogen-bond donors (Lipinski definition) is 2. The van der Waals surface area contributed by atoms with E-state index in [0.29, 0.717) is 24.2 Å². The molecule has 0 aliphatic rings. The molecule has 8 heteroatoms. The summed E-state index contributed by atoms with van der Waals surface area (Å²) in [6.07, 6.45) is 0. The molecule has 2 N–H and O–H groups in total. The van der Waals surface area contributed by atoms with Gasteiger partial charge in [-0.1, -0.05) is 49.7 Å². The second-order valence-electron chi connectivity index (χ2n) is 6.88. The number of aliphatic imine (C=N–C) groups is 1. The summed E-state index contributed by atoms with van der Waals surface area (Å²) in [5, 5.41) is 11.3. The van der Waals surface area contributed by atoms with Crippen molar-refractivity contribution in [1.82, 2.24) is 20.8 Å². The summed E-state index contributed by atoms with van der Waals surface area (Å²) in [4.78, 5) is 8.95. The van der Waals surface area contributed by atoms with E-state index in [0.717, 1.165) is 17.1 Å². The van der Waals surface area contributed by atoms with E-state index in [-0.39, 0.29) is 35.4 Å². The first kappa shape index (κ1) is 22.7. The summed E-state index contributed by atoms with van der Waals surface area (Å²) in [6, 6.07) is 7.85. The van der Waals surface area contributed by atoms with Crippen LogP contribution in [0.15, 0.2) is 33.8 Å². The monoisotopic (exact) mass is 491 g/mol. The molecule has 0 saturated carbocycles. The van der Waals surface area contributed by atoms with E-state index in [4.69, 9.17) is 16.1 Å². The molecule has 0 bridgehead atoms. The summed E-state index contributed by atoms with van der Waals surface area (Å²) in [5.74, 6) is 1.89. The van der Waals surface area contributed by atoms with Gasteiger partial charge in [-0.15, -0.1) is 24.0 Å². The number of guanidine groups is 1. The van der Waals surface area contributed by atoms with Crippen LogP contribution in [0.5, 0.6) is 0 Å². The van der Waals surface area contributed by atoms with Gasteiger partial charge >= 0.3 is 0 Å². The Morgan fingerprint density at radius 1 is 1.27 bits per heavy atom. The van der Waals surface area contributed by atoms with Crippen LogP contribution < -0.4 is 10.6 Å². The van der Waals surface area contributed by atoms with Crippen LogP contribution in [0.25, 0.3) is 0 Å². The van der Waals surface area contributed by atoms with Gasteiger partial charge < -0.3 is 15.2 Å². The Kier molecular flexibility index (Phi) is 8.82. The van der Waals surface area contributed by atoms with E-state index in [2.05, 4.69) is 32.7 Å². The Bertz CT molecular complexity index is 709. The molecular formula is C18H27ClIN5O. The average Bonchev–Trinajstić information content (AvgIpc) is 3.02. The Morgan fingerprint density at radius 2 is 1.92 bits per heavy atom. The highest BCUT2D eigenvalue weighted by molar-refractivity contribution is 14.0. The molecule has 1 aromatic heterocycles. The lowest BCUT2D eigenvalue weighted by molar-refractivity contribution is 0.318. The Balaban J connectivity index is 0.00000338. The molecule has 1 atom stereocenters. The predicted molar refractivity (Wildman–Crippen MR) is 116 cm³/mol. The third-order valence-electron chi connectivity index (χ3n) is 3.56. The molecule has 2 rings (SSSR count). The number of rotatable bonds is 5. The molecule has 144 valence electrons. The summed E-state index contributed by atoms with van der Waals surface area (Å²) in [7, 11) is 0. The minimum absolute atomic E-state index is 0. The van der Waals surface area contributed by atoms with Gasteiger partial charge in [0.1, 0.15) is 6.54 Å².